The van der Waals surface area contributed by atoms with Crippen molar-refractivity contribution in [3.8, 4) is 0 Å². The molecule has 0 aliphatic rings. The largest absolute Gasteiger partial charge is 0.366 e. The molecule has 0 radical (unpaired) electrons. The molecule has 0 saturated heterocycles. The van der Waals surface area contributed by atoms with Gasteiger partial charge in [0, 0.05) is 4.47 Å². The van der Waals surface area contributed by atoms with Crippen molar-refractivity contribution in [2.75, 3.05) is 5.32 Å². The summed E-state index contributed by atoms with van der Waals surface area (Å²) < 4.78 is 0.735. The van der Waals surface area contributed by atoms with Crippen molar-refractivity contribution >= 4 is 56.5 Å². The SMILES string of the molecule is NC(=O)c1cc(Br)ccc1Nc1nc(Cl)ncc1Cl. The van der Waals surface area contributed by atoms with E-state index in [4.69, 9.17) is 28.9 Å². The van der Waals surface area contributed by atoms with Crippen LogP contribution in [0.5, 0.6) is 0 Å². The van der Waals surface area contributed by atoms with Gasteiger partial charge in [0.25, 0.3) is 5.91 Å². The van der Waals surface area contributed by atoms with Crippen LogP contribution in [0.15, 0.2) is 28.9 Å². The molecule has 8 heteroatoms. The van der Waals surface area contributed by atoms with Crippen LogP contribution in [0.25, 0.3) is 0 Å². The van der Waals surface area contributed by atoms with Crippen molar-refractivity contribution < 1.29 is 4.79 Å². The number of anilines is 2. The first kappa shape index (κ1) is 14.0. The van der Waals surface area contributed by atoms with Gasteiger partial charge >= 0.3 is 0 Å². The Morgan fingerprint density at radius 1 is 1.37 bits per heavy atom. The number of rotatable bonds is 3. The fourth-order valence-corrected chi connectivity index (χ4v) is 2.02. The third-order valence-electron chi connectivity index (χ3n) is 2.21. The molecule has 0 spiro atoms. The number of hydrogen-bond donors (Lipinski definition) is 2. The average Bonchev–Trinajstić information content (AvgIpc) is 2.35. The third kappa shape index (κ3) is 3.34. The maximum Gasteiger partial charge on any atom is 0.250 e. The van der Waals surface area contributed by atoms with Gasteiger partial charge in [0.1, 0.15) is 5.02 Å². The van der Waals surface area contributed by atoms with Crippen LogP contribution in [0.1, 0.15) is 10.4 Å². The number of nitrogens with one attached hydrogen (secondary N) is 1. The maximum atomic E-state index is 11.4. The summed E-state index contributed by atoms with van der Waals surface area (Å²) in [6.45, 7) is 0. The number of primary amides is 1. The molecule has 2 rings (SSSR count). The van der Waals surface area contributed by atoms with E-state index >= 15 is 0 Å². The van der Waals surface area contributed by atoms with Gasteiger partial charge in [-0.2, -0.15) is 4.98 Å². The van der Waals surface area contributed by atoms with E-state index in [1.165, 1.54) is 6.20 Å². The van der Waals surface area contributed by atoms with E-state index in [0.717, 1.165) is 4.47 Å². The van der Waals surface area contributed by atoms with Gasteiger partial charge in [-0.25, -0.2) is 4.98 Å². The molecule has 5 nitrogen and oxygen atoms in total. The summed E-state index contributed by atoms with van der Waals surface area (Å²) in [4.78, 5) is 19.1. The molecule has 0 atom stereocenters. The maximum absolute atomic E-state index is 11.4. The highest BCUT2D eigenvalue weighted by molar-refractivity contribution is 9.10. The molecule has 0 unspecified atom stereocenters. The number of hydrogen-bond acceptors (Lipinski definition) is 4. The topological polar surface area (TPSA) is 80.9 Å². The van der Waals surface area contributed by atoms with Crippen LogP contribution in [0.3, 0.4) is 0 Å². The highest BCUT2D eigenvalue weighted by Gasteiger charge is 2.11. The number of nitrogens with zero attached hydrogens (tertiary/aromatic N) is 2. The summed E-state index contributed by atoms with van der Waals surface area (Å²) in [6, 6.07) is 5.03. The Bertz CT molecular complexity index is 651. The summed E-state index contributed by atoms with van der Waals surface area (Å²) in [7, 11) is 0. The third-order valence-corrected chi connectivity index (χ3v) is 3.17. The van der Waals surface area contributed by atoms with Gasteiger partial charge in [0.15, 0.2) is 5.82 Å². The quantitative estimate of drug-likeness (QED) is 0.821. The summed E-state index contributed by atoms with van der Waals surface area (Å²) in [6.07, 6.45) is 1.36. The minimum absolute atomic E-state index is 0.0460. The fraction of sp³-hybridized carbons (Fsp3) is 0. The zero-order valence-corrected chi connectivity index (χ0v) is 12.4. The summed E-state index contributed by atoms with van der Waals surface area (Å²) in [5.41, 5.74) is 6.10. The second-order valence-electron chi connectivity index (χ2n) is 3.51. The van der Waals surface area contributed by atoms with Gasteiger partial charge in [-0.15, -0.1) is 0 Å². The molecule has 98 valence electrons. The zero-order valence-electron chi connectivity index (χ0n) is 9.32. The van der Waals surface area contributed by atoms with Gasteiger partial charge in [-0.05, 0) is 29.8 Å². The number of aromatic nitrogens is 2. The number of halogens is 3. The van der Waals surface area contributed by atoms with E-state index in [-0.39, 0.29) is 10.3 Å². The summed E-state index contributed by atoms with van der Waals surface area (Å²) >= 11 is 14.9. The lowest BCUT2D eigenvalue weighted by atomic mass is 10.1. The monoisotopic (exact) mass is 360 g/mol. The van der Waals surface area contributed by atoms with E-state index in [0.29, 0.717) is 17.1 Å². The Labute approximate surface area is 127 Å². The molecule has 0 bridgehead atoms. The van der Waals surface area contributed by atoms with E-state index < -0.39 is 5.91 Å². The predicted molar refractivity (Wildman–Crippen MR) is 78.0 cm³/mol. The molecular weight excluding hydrogens is 355 g/mol. The molecule has 1 amide bonds. The van der Waals surface area contributed by atoms with Crippen LogP contribution >= 0.6 is 39.1 Å². The van der Waals surface area contributed by atoms with Crippen molar-refractivity contribution in [3.63, 3.8) is 0 Å². The Hall–Kier alpha value is -1.37. The Kier molecular flexibility index (Phi) is 4.24. The minimum atomic E-state index is -0.569. The van der Waals surface area contributed by atoms with Crippen LogP contribution in [0.2, 0.25) is 10.3 Å². The van der Waals surface area contributed by atoms with Crippen molar-refractivity contribution in [3.05, 3.63) is 44.7 Å². The minimum Gasteiger partial charge on any atom is -0.366 e. The summed E-state index contributed by atoms with van der Waals surface area (Å²) in [5.74, 6) is -0.272. The fourth-order valence-electron chi connectivity index (χ4n) is 1.39. The lowest BCUT2D eigenvalue weighted by Crippen LogP contribution is -2.13. The molecular formula is C11H7BrCl2N4O. The van der Waals surface area contributed by atoms with Gasteiger partial charge in [-0.3, -0.25) is 4.79 Å². The standard InChI is InChI=1S/C11H7BrCl2N4O/c12-5-1-2-8(6(3-5)9(15)19)17-10-7(13)4-16-11(14)18-10/h1-4H,(H2,15,19)(H,16,17,18). The highest BCUT2D eigenvalue weighted by atomic mass is 79.9. The first-order valence-electron chi connectivity index (χ1n) is 5.02. The second-order valence-corrected chi connectivity index (χ2v) is 5.18. The molecule has 1 aromatic heterocycles. The first-order valence-corrected chi connectivity index (χ1v) is 6.56. The summed E-state index contributed by atoms with van der Waals surface area (Å²) in [5, 5.41) is 3.23. The van der Waals surface area contributed by atoms with Crippen LogP contribution in [-0.2, 0) is 0 Å². The van der Waals surface area contributed by atoms with Gasteiger partial charge < -0.3 is 11.1 Å². The number of carbonyl (C=O) groups excluding carboxylic acids is 1. The Balaban J connectivity index is 2.43. The van der Waals surface area contributed by atoms with Crippen molar-refractivity contribution in [1.29, 1.82) is 0 Å². The normalized spacial score (nSPS) is 10.3. The molecule has 1 heterocycles. The number of carbonyl (C=O) groups is 1. The predicted octanol–water partition coefficient (Wildman–Crippen LogP) is 3.39. The van der Waals surface area contributed by atoms with E-state index in [9.17, 15) is 4.79 Å². The van der Waals surface area contributed by atoms with Gasteiger partial charge in [-0.1, -0.05) is 27.5 Å². The van der Waals surface area contributed by atoms with Crippen molar-refractivity contribution in [2.24, 2.45) is 5.73 Å². The van der Waals surface area contributed by atoms with E-state index in [1.807, 2.05) is 0 Å². The molecule has 3 N–H and O–H groups in total. The molecule has 0 aliphatic heterocycles. The molecule has 19 heavy (non-hydrogen) atoms. The molecule has 0 saturated carbocycles. The number of benzene rings is 1. The second kappa shape index (κ2) is 5.73. The van der Waals surface area contributed by atoms with E-state index in [1.54, 1.807) is 18.2 Å². The number of amides is 1. The van der Waals surface area contributed by atoms with Gasteiger partial charge in [0.05, 0.1) is 17.4 Å². The zero-order chi connectivity index (χ0) is 14.0. The first-order chi connectivity index (χ1) is 8.97. The number of nitrogens with two attached hydrogens (primary N) is 1. The Morgan fingerprint density at radius 2 is 2.11 bits per heavy atom. The molecule has 1 aromatic carbocycles. The Morgan fingerprint density at radius 3 is 2.79 bits per heavy atom. The van der Waals surface area contributed by atoms with E-state index in [2.05, 4.69) is 31.2 Å². The molecule has 2 aromatic rings. The van der Waals surface area contributed by atoms with Crippen LogP contribution < -0.4 is 11.1 Å². The smallest absolute Gasteiger partial charge is 0.250 e. The van der Waals surface area contributed by atoms with Crippen molar-refractivity contribution in [1.82, 2.24) is 9.97 Å². The van der Waals surface area contributed by atoms with Gasteiger partial charge in [0.2, 0.25) is 5.28 Å². The van der Waals surface area contributed by atoms with Crippen molar-refractivity contribution in [2.45, 2.75) is 0 Å². The molecule has 0 fully saturated rings. The average molecular weight is 362 g/mol. The lowest BCUT2D eigenvalue weighted by molar-refractivity contribution is 0.100. The van der Waals surface area contributed by atoms with Crippen LogP contribution in [-0.4, -0.2) is 15.9 Å². The van der Waals surface area contributed by atoms with Crippen LogP contribution in [0, 0.1) is 0 Å². The lowest BCUT2D eigenvalue weighted by Gasteiger charge is -2.10. The molecule has 0 aliphatic carbocycles. The highest BCUT2D eigenvalue weighted by Crippen LogP contribution is 2.27. The van der Waals surface area contributed by atoms with Crippen LogP contribution in [0.4, 0.5) is 11.5 Å².